The van der Waals surface area contributed by atoms with Crippen molar-refractivity contribution in [2.24, 2.45) is 0 Å². The van der Waals surface area contributed by atoms with E-state index in [1.807, 2.05) is 0 Å². The molecule has 152 valence electrons. The van der Waals surface area contributed by atoms with Crippen LogP contribution in [0.25, 0.3) is 0 Å². The van der Waals surface area contributed by atoms with Crippen LogP contribution in [-0.4, -0.2) is 66.4 Å². The molecule has 2 fully saturated rings. The van der Waals surface area contributed by atoms with E-state index in [-0.39, 0.29) is 41.9 Å². The van der Waals surface area contributed by atoms with Crippen LogP contribution in [0.2, 0.25) is 0 Å². The maximum absolute atomic E-state index is 13.1. The van der Waals surface area contributed by atoms with Gasteiger partial charge >= 0.3 is 6.03 Å². The summed E-state index contributed by atoms with van der Waals surface area (Å²) in [4.78, 5) is 42.0. The first-order valence-electron chi connectivity index (χ1n) is 9.45. The fourth-order valence-electron chi connectivity index (χ4n) is 3.61. The Balaban J connectivity index is 1.28. The Morgan fingerprint density at radius 1 is 1.03 bits per heavy atom. The van der Waals surface area contributed by atoms with Gasteiger partial charge in [-0.2, -0.15) is 0 Å². The molecule has 0 spiro atoms. The van der Waals surface area contributed by atoms with Crippen LogP contribution in [0.1, 0.15) is 17.0 Å². The first-order valence-corrected chi connectivity index (χ1v) is 9.45. The van der Waals surface area contributed by atoms with E-state index in [2.05, 4.69) is 5.32 Å². The highest BCUT2D eigenvalue weighted by molar-refractivity contribution is 5.96. The minimum atomic E-state index is -0.366. The monoisotopic (exact) mass is 400 g/mol. The Morgan fingerprint density at radius 3 is 2.38 bits per heavy atom. The third kappa shape index (κ3) is 4.08. The van der Waals surface area contributed by atoms with Gasteiger partial charge in [-0.15, -0.1) is 0 Å². The average molecular weight is 400 g/mol. The highest BCUT2D eigenvalue weighted by atomic mass is 19.1. The third-order valence-corrected chi connectivity index (χ3v) is 5.18. The zero-order chi connectivity index (χ0) is 20.4. The van der Waals surface area contributed by atoms with Gasteiger partial charge in [-0.25, -0.2) is 9.18 Å². The number of halogens is 1. The highest BCUT2D eigenvalue weighted by Crippen LogP contribution is 2.22. The van der Waals surface area contributed by atoms with Crippen molar-refractivity contribution in [3.63, 3.8) is 0 Å². The lowest BCUT2D eigenvalue weighted by molar-refractivity contribution is -0.117. The van der Waals surface area contributed by atoms with Crippen LogP contribution >= 0.6 is 0 Å². The number of urea groups is 1. The van der Waals surface area contributed by atoms with Crippen molar-refractivity contribution in [3.8, 4) is 0 Å². The van der Waals surface area contributed by atoms with Gasteiger partial charge in [0.15, 0.2) is 5.76 Å². The lowest BCUT2D eigenvalue weighted by atomic mass is 10.2. The summed E-state index contributed by atoms with van der Waals surface area (Å²) in [5, 5.41) is 2.89. The molecule has 0 unspecified atom stereocenters. The standard InChI is InChI=1S/C20H21FN4O4/c21-14-3-5-16(6-4-14)25-13-15(12-18(25)26)22-20(28)24-9-7-23(8-10-24)19(27)17-2-1-11-29-17/h1-6,11,15H,7-10,12-13H2,(H,22,28)/t15-/m0/s1. The number of anilines is 1. The van der Waals surface area contributed by atoms with E-state index < -0.39 is 0 Å². The second kappa shape index (κ2) is 7.94. The number of rotatable bonds is 3. The van der Waals surface area contributed by atoms with Crippen molar-refractivity contribution in [1.29, 1.82) is 0 Å². The topological polar surface area (TPSA) is 86.1 Å². The van der Waals surface area contributed by atoms with E-state index in [0.717, 1.165) is 0 Å². The molecular weight excluding hydrogens is 379 g/mol. The number of furan rings is 1. The predicted octanol–water partition coefficient (Wildman–Crippen LogP) is 1.69. The Kier molecular flexibility index (Phi) is 5.20. The van der Waals surface area contributed by atoms with E-state index in [1.165, 1.54) is 18.4 Å². The van der Waals surface area contributed by atoms with Crippen molar-refractivity contribution >= 4 is 23.5 Å². The van der Waals surface area contributed by atoms with Crippen LogP contribution < -0.4 is 10.2 Å². The molecule has 0 radical (unpaired) electrons. The van der Waals surface area contributed by atoms with Crippen molar-refractivity contribution < 1.29 is 23.2 Å². The van der Waals surface area contributed by atoms with E-state index >= 15 is 0 Å². The summed E-state index contributed by atoms with van der Waals surface area (Å²) >= 11 is 0. The molecular formula is C20H21FN4O4. The SMILES string of the molecule is O=C(N[C@H]1CC(=O)N(c2ccc(F)cc2)C1)N1CCN(C(=O)c2ccco2)CC1. The first-order chi connectivity index (χ1) is 14.0. The second-order valence-corrected chi connectivity index (χ2v) is 7.09. The summed E-state index contributed by atoms with van der Waals surface area (Å²) in [6.45, 7) is 1.98. The second-order valence-electron chi connectivity index (χ2n) is 7.09. The van der Waals surface area contributed by atoms with Gasteiger partial charge in [0.1, 0.15) is 5.82 Å². The molecule has 1 N–H and O–H groups in total. The molecule has 4 rings (SSSR count). The van der Waals surface area contributed by atoms with Gasteiger partial charge < -0.3 is 24.4 Å². The molecule has 8 nitrogen and oxygen atoms in total. The lowest BCUT2D eigenvalue weighted by Crippen LogP contribution is -2.54. The van der Waals surface area contributed by atoms with Gasteiger partial charge in [0.25, 0.3) is 5.91 Å². The quantitative estimate of drug-likeness (QED) is 0.850. The summed E-state index contributed by atoms with van der Waals surface area (Å²) < 4.78 is 18.2. The van der Waals surface area contributed by atoms with Crippen LogP contribution in [0.3, 0.4) is 0 Å². The van der Waals surface area contributed by atoms with E-state index in [0.29, 0.717) is 38.4 Å². The van der Waals surface area contributed by atoms with Gasteiger partial charge in [-0.1, -0.05) is 0 Å². The molecule has 3 heterocycles. The van der Waals surface area contributed by atoms with Crippen molar-refractivity contribution in [3.05, 3.63) is 54.2 Å². The average Bonchev–Trinajstić information content (AvgIpc) is 3.38. The third-order valence-electron chi connectivity index (χ3n) is 5.18. The molecule has 0 saturated carbocycles. The fourth-order valence-corrected chi connectivity index (χ4v) is 3.61. The number of benzene rings is 1. The zero-order valence-corrected chi connectivity index (χ0v) is 15.7. The molecule has 4 amide bonds. The number of nitrogens with zero attached hydrogens (tertiary/aromatic N) is 3. The summed E-state index contributed by atoms with van der Waals surface area (Å²) in [7, 11) is 0. The Bertz CT molecular complexity index is 892. The lowest BCUT2D eigenvalue weighted by Gasteiger charge is -2.34. The molecule has 1 aromatic carbocycles. The predicted molar refractivity (Wildman–Crippen MR) is 102 cm³/mol. The van der Waals surface area contributed by atoms with Gasteiger partial charge in [0, 0.05) is 44.8 Å². The maximum Gasteiger partial charge on any atom is 0.317 e. The summed E-state index contributed by atoms with van der Waals surface area (Å²) in [5.41, 5.74) is 0.609. The van der Waals surface area contributed by atoms with Gasteiger partial charge in [0.2, 0.25) is 5.91 Å². The number of carbonyl (C=O) groups is 3. The van der Waals surface area contributed by atoms with Crippen LogP contribution in [-0.2, 0) is 4.79 Å². The number of amides is 4. The highest BCUT2D eigenvalue weighted by Gasteiger charge is 2.33. The Labute approximate surface area is 166 Å². The number of carbonyl (C=O) groups excluding carboxylic acids is 3. The molecule has 0 aliphatic carbocycles. The fraction of sp³-hybridized carbons (Fsp3) is 0.350. The molecule has 1 aromatic heterocycles. The van der Waals surface area contributed by atoms with E-state index in [4.69, 9.17) is 4.42 Å². The molecule has 9 heteroatoms. The molecule has 2 aliphatic heterocycles. The van der Waals surface area contributed by atoms with Crippen LogP contribution in [0.15, 0.2) is 47.1 Å². The number of nitrogens with one attached hydrogen (secondary N) is 1. The maximum atomic E-state index is 13.1. The van der Waals surface area contributed by atoms with Crippen LogP contribution in [0.5, 0.6) is 0 Å². The Hall–Kier alpha value is -3.36. The molecule has 2 aromatic rings. The normalized spacial score (nSPS) is 19.6. The summed E-state index contributed by atoms with van der Waals surface area (Å²) in [6.07, 6.45) is 1.65. The van der Waals surface area contributed by atoms with Crippen molar-refractivity contribution in [1.82, 2.24) is 15.1 Å². The van der Waals surface area contributed by atoms with Gasteiger partial charge in [-0.05, 0) is 36.4 Å². The van der Waals surface area contributed by atoms with Crippen LogP contribution in [0, 0.1) is 5.82 Å². The van der Waals surface area contributed by atoms with Crippen molar-refractivity contribution in [2.45, 2.75) is 12.5 Å². The molecule has 29 heavy (non-hydrogen) atoms. The smallest absolute Gasteiger partial charge is 0.317 e. The zero-order valence-electron chi connectivity index (χ0n) is 15.7. The minimum Gasteiger partial charge on any atom is -0.459 e. The van der Waals surface area contributed by atoms with E-state index in [9.17, 15) is 18.8 Å². The van der Waals surface area contributed by atoms with Gasteiger partial charge in [-0.3, -0.25) is 9.59 Å². The minimum absolute atomic E-state index is 0.115. The number of piperazine rings is 1. The van der Waals surface area contributed by atoms with Crippen LogP contribution in [0.4, 0.5) is 14.9 Å². The molecule has 1 atom stereocenters. The molecule has 2 aliphatic rings. The first kappa shape index (κ1) is 19.0. The molecule has 0 bridgehead atoms. The Morgan fingerprint density at radius 2 is 1.72 bits per heavy atom. The van der Waals surface area contributed by atoms with Gasteiger partial charge in [0.05, 0.1) is 12.3 Å². The number of hydrogen-bond acceptors (Lipinski definition) is 4. The summed E-state index contributed by atoms with van der Waals surface area (Å²) in [6, 6.07) is 8.41. The number of hydrogen-bond donors (Lipinski definition) is 1. The summed E-state index contributed by atoms with van der Waals surface area (Å²) in [5.74, 6) is -0.384. The molecule has 2 saturated heterocycles. The van der Waals surface area contributed by atoms with Crippen molar-refractivity contribution in [2.75, 3.05) is 37.6 Å². The van der Waals surface area contributed by atoms with E-state index in [1.54, 1.807) is 39.0 Å². The largest absolute Gasteiger partial charge is 0.459 e.